The molecule has 0 saturated heterocycles. The van der Waals surface area contributed by atoms with Crippen LogP contribution in [0.1, 0.15) is 49.6 Å². The van der Waals surface area contributed by atoms with Crippen molar-refractivity contribution in [3.8, 4) is 0 Å². The summed E-state index contributed by atoms with van der Waals surface area (Å²) in [6.07, 6.45) is 3.98. The molecule has 0 saturated carbocycles. The molecule has 2 atom stereocenters. The number of aliphatic imine (C=N–C) groups is 1. The first-order chi connectivity index (χ1) is 16.1. The molecule has 184 valence electrons. The van der Waals surface area contributed by atoms with Gasteiger partial charge in [-0.25, -0.2) is 4.39 Å². The zero-order chi connectivity index (χ0) is 25.0. The first kappa shape index (κ1) is 26.6. The second-order valence-corrected chi connectivity index (χ2v) is 10.2. The van der Waals surface area contributed by atoms with Crippen molar-refractivity contribution in [3.63, 3.8) is 0 Å². The maximum Gasteiger partial charge on any atom is 0.160 e. The van der Waals surface area contributed by atoms with Crippen LogP contribution in [0.5, 0.6) is 0 Å². The molecule has 34 heavy (non-hydrogen) atoms. The van der Waals surface area contributed by atoms with Gasteiger partial charge in [0.1, 0.15) is 12.5 Å². The molecule has 0 aliphatic carbocycles. The number of nitrogens with one attached hydrogen (secondary N) is 1. The van der Waals surface area contributed by atoms with Crippen LogP contribution in [0.3, 0.4) is 0 Å². The molecule has 2 aromatic rings. The molecule has 0 bridgehead atoms. The molecule has 4 nitrogen and oxygen atoms in total. The summed E-state index contributed by atoms with van der Waals surface area (Å²) in [6, 6.07) is 5.58. The Morgan fingerprint density at radius 3 is 2.35 bits per heavy atom. The fourth-order valence-corrected chi connectivity index (χ4v) is 4.51. The summed E-state index contributed by atoms with van der Waals surface area (Å²) < 4.78 is 27.9. The fourth-order valence-electron chi connectivity index (χ4n) is 4.02. The van der Waals surface area contributed by atoms with E-state index in [1.807, 2.05) is 19.3 Å². The maximum atomic E-state index is 14.1. The van der Waals surface area contributed by atoms with E-state index in [0.717, 1.165) is 23.0 Å². The van der Waals surface area contributed by atoms with Crippen molar-refractivity contribution in [2.45, 2.75) is 51.7 Å². The Bertz CT molecular complexity index is 1050. The summed E-state index contributed by atoms with van der Waals surface area (Å²) in [5.74, 6) is 0.904. The van der Waals surface area contributed by atoms with Gasteiger partial charge < -0.3 is 10.2 Å². The quantitative estimate of drug-likeness (QED) is 0.472. The van der Waals surface area contributed by atoms with Gasteiger partial charge in [0, 0.05) is 31.7 Å². The lowest BCUT2D eigenvalue weighted by Gasteiger charge is -2.27. The number of alkyl halides is 1. The van der Waals surface area contributed by atoms with Crippen molar-refractivity contribution < 1.29 is 8.78 Å². The molecule has 8 heteroatoms. The minimum Gasteiger partial charge on any atom is -0.352 e. The van der Waals surface area contributed by atoms with Crippen LogP contribution in [0.2, 0.25) is 10.0 Å². The van der Waals surface area contributed by atoms with Gasteiger partial charge in [0.2, 0.25) is 0 Å². The monoisotopic (exact) mass is 508 g/mol. The highest BCUT2D eigenvalue weighted by molar-refractivity contribution is 6.35. The van der Waals surface area contributed by atoms with Crippen LogP contribution < -0.4 is 5.32 Å². The molecular formula is C26H32Cl2F2N4. The Morgan fingerprint density at radius 1 is 1.18 bits per heavy atom. The highest BCUT2D eigenvalue weighted by Crippen LogP contribution is 2.39. The number of benzene rings is 1. The Labute approximate surface area is 211 Å². The Morgan fingerprint density at radius 2 is 1.82 bits per heavy atom. The Hall–Kier alpha value is -2.02. The van der Waals surface area contributed by atoms with Gasteiger partial charge in [-0.3, -0.25) is 14.4 Å². The van der Waals surface area contributed by atoms with Crippen LogP contribution in [-0.2, 0) is 18.5 Å². The summed E-state index contributed by atoms with van der Waals surface area (Å²) in [5, 5.41) is 2.96. The van der Waals surface area contributed by atoms with Gasteiger partial charge in [0.25, 0.3) is 0 Å². The molecule has 0 amide bonds. The molecule has 0 fully saturated rings. The average molecular weight is 509 g/mol. The van der Waals surface area contributed by atoms with Crippen molar-refractivity contribution in [3.05, 3.63) is 69.2 Å². The van der Waals surface area contributed by atoms with Crippen LogP contribution in [0.15, 0.2) is 36.0 Å². The van der Waals surface area contributed by atoms with E-state index in [4.69, 9.17) is 23.2 Å². The molecule has 1 aromatic heterocycles. The maximum absolute atomic E-state index is 14.1. The second-order valence-electron chi connectivity index (χ2n) is 9.34. The number of hydrogen-bond donors (Lipinski definition) is 1. The predicted molar refractivity (Wildman–Crippen MR) is 138 cm³/mol. The van der Waals surface area contributed by atoms with Crippen LogP contribution in [0.4, 0.5) is 8.78 Å². The van der Waals surface area contributed by atoms with Crippen molar-refractivity contribution in [2.24, 2.45) is 10.9 Å². The van der Waals surface area contributed by atoms with Crippen molar-refractivity contribution in [1.82, 2.24) is 15.2 Å². The third kappa shape index (κ3) is 5.61. The van der Waals surface area contributed by atoms with Gasteiger partial charge in [-0.1, -0.05) is 43.6 Å². The second kappa shape index (κ2) is 11.1. The third-order valence-electron chi connectivity index (χ3n) is 6.77. The fraction of sp³-hybridized carbons (Fsp3) is 0.462. The topological polar surface area (TPSA) is 40.5 Å². The number of halogens is 4. The zero-order valence-electron chi connectivity index (χ0n) is 20.1. The molecule has 0 radical (unpaired) electrons. The van der Waals surface area contributed by atoms with Crippen LogP contribution in [0.25, 0.3) is 6.08 Å². The van der Waals surface area contributed by atoms with Crippen molar-refractivity contribution in [2.75, 3.05) is 20.3 Å². The number of fused-ring (bicyclic) bond motifs is 1. The summed E-state index contributed by atoms with van der Waals surface area (Å²) >= 11 is 11.8. The average Bonchev–Trinajstić information content (AvgIpc) is 3.46. The lowest BCUT2D eigenvalue weighted by atomic mass is 9.80. The molecule has 3 heterocycles. The summed E-state index contributed by atoms with van der Waals surface area (Å²) in [6.45, 7) is 11.4. The molecule has 1 aromatic carbocycles. The lowest BCUT2D eigenvalue weighted by molar-refractivity contribution is 0.324. The van der Waals surface area contributed by atoms with E-state index >= 15 is 0 Å². The smallest absolute Gasteiger partial charge is 0.160 e. The lowest BCUT2D eigenvalue weighted by Crippen LogP contribution is -2.33. The minimum atomic E-state index is -0.865. The number of pyridine rings is 1. The Kier molecular flexibility index (Phi) is 8.72. The molecule has 1 N–H and O–H groups in total. The molecule has 2 aliphatic heterocycles. The highest BCUT2D eigenvalue weighted by Gasteiger charge is 2.41. The van der Waals surface area contributed by atoms with Crippen LogP contribution in [0, 0.1) is 11.7 Å². The summed E-state index contributed by atoms with van der Waals surface area (Å²) in [5.41, 5.74) is 2.85. The molecule has 2 unspecified atom stereocenters. The van der Waals surface area contributed by atoms with Gasteiger partial charge in [0.15, 0.2) is 5.82 Å². The van der Waals surface area contributed by atoms with E-state index in [0.29, 0.717) is 31.1 Å². The van der Waals surface area contributed by atoms with Crippen LogP contribution >= 0.6 is 23.2 Å². The standard InChI is InChI=1S/C20H17Cl2F2N3.C6H15N/c1-2-15-3-12-8-27(9-13(12)7-25-15)18-6-20(10-23,11-26-18)14-4-16(21)19(24)17(22)5-14;1-5(2)6(3)7-4/h2-5,7H,1,6,8-11H2;5-7H,1-4H3. The van der Waals surface area contributed by atoms with Crippen LogP contribution in [-0.4, -0.2) is 42.0 Å². The van der Waals surface area contributed by atoms with Gasteiger partial charge in [-0.2, -0.15) is 0 Å². The van der Waals surface area contributed by atoms with E-state index in [1.165, 1.54) is 17.7 Å². The summed E-state index contributed by atoms with van der Waals surface area (Å²) in [4.78, 5) is 11.1. The SMILES string of the molecule is C=Cc1cc2c(cn1)CN(C1=NCC(CF)(c3cc(Cl)c(F)c(Cl)c3)C1)C2.CNC(C)C(C)C. The van der Waals surface area contributed by atoms with Crippen molar-refractivity contribution in [1.29, 1.82) is 0 Å². The van der Waals surface area contributed by atoms with E-state index in [2.05, 4.69) is 47.5 Å². The number of aromatic nitrogens is 1. The first-order valence-electron chi connectivity index (χ1n) is 11.4. The van der Waals surface area contributed by atoms with E-state index in [1.54, 1.807) is 6.08 Å². The van der Waals surface area contributed by atoms with Gasteiger partial charge in [0.05, 0.1) is 27.7 Å². The molecule has 4 rings (SSSR count). The first-order valence-corrected chi connectivity index (χ1v) is 12.2. The normalized spacial score (nSPS) is 20.0. The number of hydrogen-bond acceptors (Lipinski definition) is 4. The number of rotatable bonds is 5. The van der Waals surface area contributed by atoms with Crippen molar-refractivity contribution >= 4 is 35.1 Å². The van der Waals surface area contributed by atoms with E-state index < -0.39 is 17.9 Å². The number of amidine groups is 1. The Balaban J connectivity index is 0.000000406. The molecule has 2 aliphatic rings. The third-order valence-corrected chi connectivity index (χ3v) is 7.32. The van der Waals surface area contributed by atoms with Gasteiger partial charge in [-0.05, 0) is 60.9 Å². The minimum absolute atomic E-state index is 0.101. The summed E-state index contributed by atoms with van der Waals surface area (Å²) in [7, 11) is 1.99. The van der Waals surface area contributed by atoms with Gasteiger partial charge in [-0.15, -0.1) is 0 Å². The molecule has 0 spiro atoms. The van der Waals surface area contributed by atoms with Gasteiger partial charge >= 0.3 is 0 Å². The van der Waals surface area contributed by atoms with E-state index in [9.17, 15) is 8.78 Å². The predicted octanol–water partition coefficient (Wildman–Crippen LogP) is 6.45. The zero-order valence-corrected chi connectivity index (χ0v) is 21.6. The van der Waals surface area contributed by atoms with E-state index in [-0.39, 0.29) is 16.6 Å². The highest BCUT2D eigenvalue weighted by atomic mass is 35.5. The number of nitrogens with zero attached hydrogens (tertiary/aromatic N) is 3. The molecular weight excluding hydrogens is 477 g/mol. The largest absolute Gasteiger partial charge is 0.352 e.